The van der Waals surface area contributed by atoms with Gasteiger partial charge in [0.2, 0.25) is 0 Å². The largest absolute Gasteiger partial charge is 0.497 e. The summed E-state index contributed by atoms with van der Waals surface area (Å²) in [6.07, 6.45) is 5.37. The zero-order chi connectivity index (χ0) is 20.4. The van der Waals surface area contributed by atoms with E-state index in [4.69, 9.17) is 19.6 Å². The maximum Gasteiger partial charge on any atom is 0.165 e. The number of nitrogens with one attached hydrogen (secondary N) is 1. The molecule has 31 heavy (non-hydrogen) atoms. The average Bonchev–Trinajstić information content (AvgIpc) is 3.67. The Kier molecular flexibility index (Phi) is 5.10. The first-order valence-corrected chi connectivity index (χ1v) is 11.0. The molecule has 0 amide bonds. The van der Waals surface area contributed by atoms with E-state index in [1.165, 1.54) is 31.2 Å². The van der Waals surface area contributed by atoms with Crippen molar-refractivity contribution >= 4 is 23.9 Å². The molecule has 6 nitrogen and oxygen atoms in total. The van der Waals surface area contributed by atoms with Gasteiger partial charge in [-0.25, -0.2) is 4.98 Å². The molecule has 6 rings (SSSR count). The van der Waals surface area contributed by atoms with E-state index in [1.807, 2.05) is 10.6 Å². The summed E-state index contributed by atoms with van der Waals surface area (Å²) in [5.41, 5.74) is 7.55. The maximum absolute atomic E-state index is 5.80. The number of anilines is 1. The van der Waals surface area contributed by atoms with Crippen LogP contribution in [0.25, 0.3) is 16.8 Å². The van der Waals surface area contributed by atoms with Crippen molar-refractivity contribution in [3.8, 4) is 16.9 Å². The zero-order valence-corrected chi connectivity index (χ0v) is 19.1. The quantitative estimate of drug-likeness (QED) is 0.579. The highest BCUT2D eigenvalue weighted by Crippen LogP contribution is 2.46. The van der Waals surface area contributed by atoms with E-state index in [-0.39, 0.29) is 12.4 Å². The normalized spacial score (nSPS) is 17.7. The molecule has 1 N–H and O–H groups in total. The van der Waals surface area contributed by atoms with Crippen LogP contribution in [0.1, 0.15) is 48.2 Å². The molecule has 164 valence electrons. The molecule has 2 aliphatic carbocycles. The van der Waals surface area contributed by atoms with Gasteiger partial charge in [0, 0.05) is 17.2 Å². The summed E-state index contributed by atoms with van der Waals surface area (Å²) in [5, 5.41) is 8.90. The van der Waals surface area contributed by atoms with Gasteiger partial charge in [-0.3, -0.25) is 0 Å². The van der Waals surface area contributed by atoms with Gasteiger partial charge in [0.1, 0.15) is 11.6 Å². The van der Waals surface area contributed by atoms with Crippen molar-refractivity contribution in [1.82, 2.24) is 14.6 Å². The van der Waals surface area contributed by atoms with E-state index in [1.54, 1.807) is 7.11 Å². The Bertz CT molecular complexity index is 1140. The molecular formula is C24H29ClN4O2. The molecule has 1 aliphatic heterocycles. The van der Waals surface area contributed by atoms with Crippen LogP contribution in [0.4, 0.5) is 5.82 Å². The number of halogens is 1. The fourth-order valence-corrected chi connectivity index (χ4v) is 4.95. The second-order valence-electron chi connectivity index (χ2n) is 9.10. The number of hydrogen-bond donors (Lipinski definition) is 1. The third kappa shape index (κ3) is 3.46. The molecule has 0 radical (unpaired) electrons. The number of benzene rings is 1. The van der Waals surface area contributed by atoms with Crippen molar-refractivity contribution in [2.75, 3.05) is 12.4 Å². The second kappa shape index (κ2) is 7.68. The lowest BCUT2D eigenvalue weighted by molar-refractivity contribution is 0.133. The van der Waals surface area contributed by atoms with E-state index < -0.39 is 0 Å². The molecular weight excluding hydrogens is 412 g/mol. The van der Waals surface area contributed by atoms with Crippen molar-refractivity contribution in [3.05, 3.63) is 40.7 Å². The highest BCUT2D eigenvalue weighted by molar-refractivity contribution is 5.85. The first kappa shape index (κ1) is 20.6. The van der Waals surface area contributed by atoms with Crippen molar-refractivity contribution in [1.29, 1.82) is 0 Å². The van der Waals surface area contributed by atoms with Gasteiger partial charge < -0.3 is 14.8 Å². The first-order chi connectivity index (χ1) is 14.6. The van der Waals surface area contributed by atoms with Crippen LogP contribution in [-0.4, -0.2) is 27.7 Å². The monoisotopic (exact) mass is 440 g/mol. The number of hydrogen-bond acceptors (Lipinski definition) is 5. The van der Waals surface area contributed by atoms with E-state index in [2.05, 4.69) is 31.3 Å². The summed E-state index contributed by atoms with van der Waals surface area (Å²) in [6, 6.07) is 6.76. The van der Waals surface area contributed by atoms with Crippen LogP contribution in [0.3, 0.4) is 0 Å². The summed E-state index contributed by atoms with van der Waals surface area (Å²) in [6.45, 7) is 5.38. The molecule has 0 spiro atoms. The summed E-state index contributed by atoms with van der Waals surface area (Å²) in [7, 11) is 1.70. The third-order valence-electron chi connectivity index (χ3n) is 6.87. The van der Waals surface area contributed by atoms with Gasteiger partial charge in [-0.2, -0.15) is 9.61 Å². The van der Waals surface area contributed by atoms with Crippen LogP contribution in [0.15, 0.2) is 18.2 Å². The number of aromatic nitrogens is 3. The lowest BCUT2D eigenvalue weighted by Crippen LogP contribution is -2.27. The van der Waals surface area contributed by atoms with E-state index in [0.29, 0.717) is 19.3 Å². The molecule has 2 aromatic heterocycles. The Hall–Kier alpha value is -2.31. The molecule has 3 heterocycles. The van der Waals surface area contributed by atoms with Gasteiger partial charge in [-0.15, -0.1) is 12.4 Å². The van der Waals surface area contributed by atoms with Crippen LogP contribution >= 0.6 is 12.4 Å². The highest BCUT2D eigenvalue weighted by atomic mass is 35.5. The number of aryl methyl sites for hydroxylation is 2. The minimum absolute atomic E-state index is 0. The molecule has 0 bridgehead atoms. The minimum atomic E-state index is 0. The molecule has 3 aliphatic rings. The molecule has 0 saturated heterocycles. The van der Waals surface area contributed by atoms with Crippen LogP contribution in [0.2, 0.25) is 0 Å². The topological polar surface area (TPSA) is 60.7 Å². The third-order valence-corrected chi connectivity index (χ3v) is 6.87. The van der Waals surface area contributed by atoms with Gasteiger partial charge >= 0.3 is 0 Å². The lowest BCUT2D eigenvalue weighted by atomic mass is 10.0. The molecule has 2 saturated carbocycles. The lowest BCUT2D eigenvalue weighted by Gasteiger charge is -2.21. The number of methoxy groups -OCH3 is 1. The van der Waals surface area contributed by atoms with Gasteiger partial charge in [0.25, 0.3) is 0 Å². The summed E-state index contributed by atoms with van der Waals surface area (Å²) >= 11 is 0. The predicted octanol–water partition coefficient (Wildman–Crippen LogP) is 5.07. The summed E-state index contributed by atoms with van der Waals surface area (Å²) in [5.74, 6) is 3.57. The van der Waals surface area contributed by atoms with E-state index in [0.717, 1.165) is 57.1 Å². The number of fused-ring (bicyclic) bond motifs is 2. The van der Waals surface area contributed by atoms with E-state index >= 15 is 0 Å². The van der Waals surface area contributed by atoms with Crippen LogP contribution in [0.5, 0.6) is 5.75 Å². The molecule has 3 aromatic rings. The first-order valence-electron chi connectivity index (χ1n) is 11.0. The maximum atomic E-state index is 5.80. The molecule has 7 heteroatoms. The highest BCUT2D eigenvalue weighted by Gasteiger charge is 2.42. The standard InChI is InChI=1S/C24H28N4O2.ClH/c1-13-10-17(29-3)8-9-18(13)21-14(2)27-28-23(19-11-30-12-20(19)25-24(21)28)26-22(15-4-5-15)16-6-7-16;/h8-10,15-16,22,26H,4-7,11-12H2,1-3H3;1H. The smallest absolute Gasteiger partial charge is 0.165 e. The molecule has 0 unspecified atom stereocenters. The van der Waals surface area contributed by atoms with Crippen LogP contribution < -0.4 is 10.1 Å². The van der Waals surface area contributed by atoms with Gasteiger partial charge in [-0.05, 0) is 74.6 Å². The van der Waals surface area contributed by atoms with Gasteiger partial charge in [0.05, 0.1) is 31.7 Å². The van der Waals surface area contributed by atoms with Gasteiger partial charge in [0.15, 0.2) is 5.65 Å². The number of nitrogens with zero attached hydrogens (tertiary/aromatic N) is 3. The van der Waals surface area contributed by atoms with Crippen molar-refractivity contribution in [2.24, 2.45) is 11.8 Å². The van der Waals surface area contributed by atoms with Crippen LogP contribution in [-0.2, 0) is 18.0 Å². The Morgan fingerprint density at radius 3 is 2.52 bits per heavy atom. The van der Waals surface area contributed by atoms with Crippen LogP contribution in [0, 0.1) is 25.7 Å². The Balaban J connectivity index is 0.00000204. The number of ether oxygens (including phenoxy) is 2. The van der Waals surface area contributed by atoms with Crippen molar-refractivity contribution in [2.45, 2.75) is 58.8 Å². The zero-order valence-electron chi connectivity index (χ0n) is 18.3. The molecule has 1 aromatic carbocycles. The van der Waals surface area contributed by atoms with Crippen molar-refractivity contribution < 1.29 is 9.47 Å². The molecule has 0 atom stereocenters. The SMILES string of the molecule is COc1ccc(-c2c(C)nn3c(NC(C4CC4)C4CC4)c4c(nc23)COC4)c(C)c1.Cl. The Morgan fingerprint density at radius 1 is 1.13 bits per heavy atom. The van der Waals surface area contributed by atoms with Crippen molar-refractivity contribution in [3.63, 3.8) is 0 Å². The van der Waals surface area contributed by atoms with Gasteiger partial charge in [-0.1, -0.05) is 6.07 Å². The summed E-state index contributed by atoms with van der Waals surface area (Å²) in [4.78, 5) is 5.03. The second-order valence-corrected chi connectivity index (χ2v) is 9.10. The molecule has 2 fully saturated rings. The number of rotatable bonds is 6. The summed E-state index contributed by atoms with van der Waals surface area (Å²) < 4.78 is 13.2. The predicted molar refractivity (Wildman–Crippen MR) is 123 cm³/mol. The fraction of sp³-hybridized carbons (Fsp3) is 0.500. The van der Waals surface area contributed by atoms with E-state index in [9.17, 15) is 0 Å². The average molecular weight is 441 g/mol. The Labute approximate surface area is 188 Å². The minimum Gasteiger partial charge on any atom is -0.497 e. The fourth-order valence-electron chi connectivity index (χ4n) is 4.95. The Morgan fingerprint density at radius 2 is 1.87 bits per heavy atom.